The van der Waals surface area contributed by atoms with Crippen molar-refractivity contribution in [3.63, 3.8) is 0 Å². The fraction of sp³-hybridized carbons (Fsp3) is 0.357. The molecular weight excluding hydrogens is 488 g/mol. The molecule has 1 saturated heterocycles. The zero-order chi connectivity index (χ0) is 26.1. The number of amides is 2. The van der Waals surface area contributed by atoms with Gasteiger partial charge in [0.05, 0.1) is 17.0 Å². The van der Waals surface area contributed by atoms with Crippen LogP contribution in [0.15, 0.2) is 60.0 Å². The van der Waals surface area contributed by atoms with Gasteiger partial charge in [-0.05, 0) is 60.5 Å². The van der Waals surface area contributed by atoms with Gasteiger partial charge in [0, 0.05) is 55.3 Å². The summed E-state index contributed by atoms with van der Waals surface area (Å²) in [6.45, 7) is 6.75. The van der Waals surface area contributed by atoms with E-state index in [1.165, 1.54) is 45.8 Å². The maximum atomic E-state index is 13.7. The predicted octanol–water partition coefficient (Wildman–Crippen LogP) is 4.29. The monoisotopic (exact) mass is 518 g/mol. The molecular formula is C28H30N4O4S. The van der Waals surface area contributed by atoms with Crippen LogP contribution in [-0.4, -0.2) is 70.2 Å². The first-order chi connectivity index (χ1) is 17.8. The van der Waals surface area contributed by atoms with Gasteiger partial charge in [0.25, 0.3) is 11.6 Å². The molecule has 2 aliphatic rings. The zero-order valence-electron chi connectivity index (χ0n) is 21.0. The van der Waals surface area contributed by atoms with Gasteiger partial charge in [0.2, 0.25) is 5.91 Å². The Morgan fingerprint density at radius 2 is 1.62 bits per heavy atom. The highest BCUT2D eigenvalue weighted by atomic mass is 32.1. The molecule has 0 unspecified atom stereocenters. The quantitative estimate of drug-likeness (QED) is 0.372. The molecule has 37 heavy (non-hydrogen) atoms. The fourth-order valence-electron chi connectivity index (χ4n) is 5.44. The summed E-state index contributed by atoms with van der Waals surface area (Å²) in [6, 6.07) is 16.0. The van der Waals surface area contributed by atoms with Crippen molar-refractivity contribution in [1.29, 1.82) is 0 Å². The normalized spacial score (nSPS) is 18.8. The summed E-state index contributed by atoms with van der Waals surface area (Å²) in [4.78, 5) is 44.3. The number of nitrogens with zero attached hydrogens (tertiary/aromatic N) is 4. The molecule has 8 nitrogen and oxygen atoms in total. The van der Waals surface area contributed by atoms with Gasteiger partial charge in [-0.2, -0.15) is 0 Å². The van der Waals surface area contributed by atoms with Crippen LogP contribution in [0.3, 0.4) is 0 Å². The maximum absolute atomic E-state index is 13.7. The molecule has 2 atom stereocenters. The molecule has 0 saturated carbocycles. The second kappa shape index (κ2) is 10.4. The minimum Gasteiger partial charge on any atom is -0.338 e. The van der Waals surface area contributed by atoms with Crippen molar-refractivity contribution in [2.75, 3.05) is 32.7 Å². The highest BCUT2D eigenvalue weighted by Crippen LogP contribution is 2.40. The van der Waals surface area contributed by atoms with Gasteiger partial charge in [-0.25, -0.2) is 0 Å². The highest BCUT2D eigenvalue weighted by molar-refractivity contribution is 7.10. The van der Waals surface area contributed by atoms with Crippen LogP contribution in [0.5, 0.6) is 0 Å². The van der Waals surface area contributed by atoms with Crippen molar-refractivity contribution in [2.24, 2.45) is 0 Å². The zero-order valence-corrected chi connectivity index (χ0v) is 21.8. The predicted molar refractivity (Wildman–Crippen MR) is 143 cm³/mol. The lowest BCUT2D eigenvalue weighted by Gasteiger charge is -2.43. The van der Waals surface area contributed by atoms with Gasteiger partial charge in [0.15, 0.2) is 0 Å². The molecule has 0 spiro atoms. The number of benzene rings is 2. The summed E-state index contributed by atoms with van der Waals surface area (Å²) < 4.78 is 0. The van der Waals surface area contributed by atoms with Gasteiger partial charge in [0.1, 0.15) is 0 Å². The van der Waals surface area contributed by atoms with E-state index < -0.39 is 4.92 Å². The largest absolute Gasteiger partial charge is 0.338 e. The van der Waals surface area contributed by atoms with Crippen LogP contribution in [0.25, 0.3) is 0 Å². The summed E-state index contributed by atoms with van der Waals surface area (Å²) in [5.74, 6) is -0.0876. The van der Waals surface area contributed by atoms with Crippen LogP contribution in [0, 0.1) is 17.0 Å². The fourth-order valence-corrected chi connectivity index (χ4v) is 6.34. The Bertz CT molecular complexity index is 1310. The number of carbonyl (C=O) groups excluding carboxylic acids is 2. The Balaban J connectivity index is 1.27. The van der Waals surface area contributed by atoms with E-state index in [2.05, 4.69) is 41.5 Å². The van der Waals surface area contributed by atoms with Crippen molar-refractivity contribution in [3.8, 4) is 0 Å². The Labute approximate surface area is 220 Å². The number of fused-ring (bicyclic) bond motifs is 1. The van der Waals surface area contributed by atoms with E-state index in [4.69, 9.17) is 0 Å². The molecule has 3 aromatic rings. The first kappa shape index (κ1) is 25.1. The number of aryl methyl sites for hydroxylation is 1. The second-order valence-corrected chi connectivity index (χ2v) is 10.6. The number of rotatable bonds is 5. The smallest absolute Gasteiger partial charge is 0.269 e. The lowest BCUT2D eigenvalue weighted by molar-refractivity contribution is -0.384. The Kier molecular flexibility index (Phi) is 7.08. The van der Waals surface area contributed by atoms with E-state index in [-0.39, 0.29) is 29.6 Å². The summed E-state index contributed by atoms with van der Waals surface area (Å²) in [6.07, 6.45) is 0.935. The van der Waals surface area contributed by atoms with Crippen molar-refractivity contribution in [2.45, 2.75) is 32.4 Å². The Morgan fingerprint density at radius 3 is 2.30 bits per heavy atom. The van der Waals surface area contributed by atoms with E-state index in [1.807, 2.05) is 17.9 Å². The third-order valence-corrected chi connectivity index (χ3v) is 8.54. The molecule has 2 aliphatic heterocycles. The van der Waals surface area contributed by atoms with Crippen LogP contribution in [0.1, 0.15) is 44.9 Å². The molecule has 0 bridgehead atoms. The third-order valence-electron chi connectivity index (χ3n) is 7.54. The van der Waals surface area contributed by atoms with Crippen LogP contribution in [0.2, 0.25) is 0 Å². The van der Waals surface area contributed by atoms with E-state index in [1.54, 1.807) is 16.2 Å². The van der Waals surface area contributed by atoms with Crippen LogP contribution in [-0.2, 0) is 11.2 Å². The highest BCUT2D eigenvalue weighted by Gasteiger charge is 2.38. The lowest BCUT2D eigenvalue weighted by atomic mass is 9.89. The molecule has 0 radical (unpaired) electrons. The number of carbonyl (C=O) groups is 2. The lowest BCUT2D eigenvalue weighted by Crippen LogP contribution is -2.56. The van der Waals surface area contributed by atoms with Crippen LogP contribution < -0.4 is 0 Å². The number of nitro benzene ring substituents is 1. The summed E-state index contributed by atoms with van der Waals surface area (Å²) >= 11 is 1.79. The topological polar surface area (TPSA) is 87.0 Å². The number of nitro groups is 1. The molecule has 1 aromatic heterocycles. The van der Waals surface area contributed by atoms with E-state index in [0.717, 1.165) is 13.0 Å². The average Bonchev–Trinajstić information content (AvgIpc) is 3.41. The Morgan fingerprint density at radius 1 is 0.946 bits per heavy atom. The van der Waals surface area contributed by atoms with Crippen molar-refractivity contribution >= 4 is 28.8 Å². The summed E-state index contributed by atoms with van der Waals surface area (Å²) in [7, 11) is 0. The standard InChI is InChI=1S/C28H30N4O4S/c1-19-5-3-4-6-23(19)26-24-12-18-37-25(24)11-13-31(26)20(2)27(33)29-14-16-30(17-15-29)28(34)21-7-9-22(10-8-21)32(35)36/h3-10,12,18,20,26H,11,13-17H2,1-2H3/t20-,26+/m0/s1. The van der Waals surface area contributed by atoms with Gasteiger partial charge in [-0.15, -0.1) is 11.3 Å². The molecule has 2 aromatic carbocycles. The van der Waals surface area contributed by atoms with Gasteiger partial charge in [-0.1, -0.05) is 24.3 Å². The molecule has 0 aliphatic carbocycles. The summed E-state index contributed by atoms with van der Waals surface area (Å²) in [5, 5.41) is 13.0. The van der Waals surface area contributed by atoms with Gasteiger partial charge < -0.3 is 9.80 Å². The van der Waals surface area contributed by atoms with Crippen molar-refractivity contribution < 1.29 is 14.5 Å². The average molecular weight is 519 g/mol. The molecule has 2 amide bonds. The van der Waals surface area contributed by atoms with E-state index >= 15 is 0 Å². The SMILES string of the molecule is Cc1ccccc1[C@@H]1c2ccsc2CCN1[C@@H](C)C(=O)N1CCN(C(=O)c2ccc([N+](=O)[O-])cc2)CC1. The third kappa shape index (κ3) is 4.89. The number of piperazine rings is 1. The van der Waals surface area contributed by atoms with Gasteiger partial charge in [-0.3, -0.25) is 24.6 Å². The van der Waals surface area contributed by atoms with E-state index in [9.17, 15) is 19.7 Å². The Hall–Kier alpha value is -3.56. The molecule has 3 heterocycles. The number of thiophene rings is 1. The van der Waals surface area contributed by atoms with Crippen molar-refractivity contribution in [3.05, 3.63) is 97.2 Å². The van der Waals surface area contributed by atoms with Gasteiger partial charge >= 0.3 is 0 Å². The molecule has 192 valence electrons. The first-order valence-electron chi connectivity index (χ1n) is 12.5. The first-order valence-corrected chi connectivity index (χ1v) is 13.4. The molecule has 9 heteroatoms. The summed E-state index contributed by atoms with van der Waals surface area (Å²) in [5.41, 5.74) is 4.12. The maximum Gasteiger partial charge on any atom is 0.269 e. The van der Waals surface area contributed by atoms with E-state index in [0.29, 0.717) is 31.7 Å². The minimum absolute atomic E-state index is 0.0418. The van der Waals surface area contributed by atoms with Crippen molar-refractivity contribution in [1.82, 2.24) is 14.7 Å². The van der Waals surface area contributed by atoms with Crippen LogP contribution in [0.4, 0.5) is 5.69 Å². The minimum atomic E-state index is -0.481. The molecule has 5 rings (SSSR count). The molecule has 0 N–H and O–H groups in total. The second-order valence-electron chi connectivity index (χ2n) is 9.64. The number of non-ortho nitro benzene ring substituents is 1. The number of hydrogen-bond acceptors (Lipinski definition) is 6. The molecule has 1 fully saturated rings. The number of hydrogen-bond donors (Lipinski definition) is 0. The van der Waals surface area contributed by atoms with Crippen LogP contribution >= 0.6 is 11.3 Å².